The van der Waals surface area contributed by atoms with Crippen LogP contribution in [0.15, 0.2) is 18.2 Å². The smallest absolute Gasteiger partial charge is 0.265 e. The Morgan fingerprint density at radius 1 is 1.20 bits per heavy atom. The zero-order valence-corrected chi connectivity index (χ0v) is 7.18. The van der Waals surface area contributed by atoms with E-state index in [9.17, 15) is 0 Å². The van der Waals surface area contributed by atoms with E-state index in [-0.39, 0.29) is 9.76 Å². The van der Waals surface area contributed by atoms with Crippen LogP contribution in [0.2, 0.25) is 0 Å². The molecule has 0 bridgehead atoms. The Morgan fingerprint density at radius 3 is 2.00 bits per heavy atom. The zero-order valence-electron chi connectivity index (χ0n) is 6.18. The van der Waals surface area contributed by atoms with Gasteiger partial charge in [0.05, 0.1) is 0 Å². The summed E-state index contributed by atoms with van der Waals surface area (Å²) in [5.74, 6) is 0. The van der Waals surface area contributed by atoms with Crippen LogP contribution in [0.5, 0.6) is 0 Å². The van der Waals surface area contributed by atoms with Gasteiger partial charge >= 0.3 is 0 Å². The minimum absolute atomic E-state index is 0.0723. The van der Waals surface area contributed by atoms with Crippen molar-refractivity contribution in [3.63, 3.8) is 0 Å². The number of hydrogen-bond acceptors (Lipinski definition) is 1. The van der Waals surface area contributed by atoms with Gasteiger partial charge in [0.2, 0.25) is 0 Å². The van der Waals surface area contributed by atoms with Crippen LogP contribution in [0, 0.1) is 13.8 Å². The molecule has 1 rings (SSSR count). The minimum Gasteiger partial charge on any atom is -0.428 e. The van der Waals surface area contributed by atoms with Gasteiger partial charge in [-0.3, -0.25) is 0 Å². The highest BCUT2D eigenvalue weighted by Gasteiger charge is 1.99. The van der Waals surface area contributed by atoms with E-state index < -0.39 is 0 Å². The molecule has 0 amide bonds. The van der Waals surface area contributed by atoms with E-state index in [2.05, 4.69) is 0 Å². The Bertz CT molecular complexity index is 212. The fraction of sp³-hybridized carbons (Fsp3) is 0.250. The molecule has 0 heterocycles. The van der Waals surface area contributed by atoms with Crippen molar-refractivity contribution in [2.75, 3.05) is 0 Å². The van der Waals surface area contributed by atoms with Gasteiger partial charge in [0.25, 0.3) is 9.76 Å². The Hall–Kier alpha value is -0.603. The highest BCUT2D eigenvalue weighted by molar-refractivity contribution is 6.46. The lowest BCUT2D eigenvalue weighted by Gasteiger charge is -2.02. The van der Waals surface area contributed by atoms with Crippen LogP contribution in [0.1, 0.15) is 11.1 Å². The second-order valence-electron chi connectivity index (χ2n) is 2.38. The van der Waals surface area contributed by atoms with Crippen LogP contribution in [0.25, 0.3) is 0 Å². The Labute approximate surface area is 63.7 Å². The molecule has 0 aliphatic heterocycles. The predicted octanol–water partition coefficient (Wildman–Crippen LogP) is 0.540. The predicted molar refractivity (Wildman–Crippen MR) is 43.5 cm³/mol. The normalized spacial score (nSPS) is 9.90. The lowest BCUT2D eigenvalue weighted by molar-refractivity contribution is 0.615. The maximum Gasteiger partial charge on any atom is 0.265 e. The molecule has 0 saturated carbocycles. The maximum atomic E-state index is 8.93. The van der Waals surface area contributed by atoms with E-state index in [4.69, 9.17) is 4.80 Å². The van der Waals surface area contributed by atoms with Crippen LogP contribution in [-0.4, -0.2) is 14.6 Å². The van der Waals surface area contributed by atoms with Crippen LogP contribution in [0.4, 0.5) is 0 Å². The maximum absolute atomic E-state index is 8.93. The zero-order chi connectivity index (χ0) is 7.56. The second kappa shape index (κ2) is 2.99. The highest BCUT2D eigenvalue weighted by atomic mass is 28.2. The Kier molecular flexibility index (Phi) is 2.24. The average molecular weight is 150 g/mol. The highest BCUT2D eigenvalue weighted by Crippen LogP contribution is 1.97. The molecule has 0 unspecified atom stereocenters. The molecule has 0 spiro atoms. The van der Waals surface area contributed by atoms with Crippen molar-refractivity contribution in [1.82, 2.24) is 0 Å². The van der Waals surface area contributed by atoms with Crippen molar-refractivity contribution in [2.45, 2.75) is 13.8 Å². The van der Waals surface area contributed by atoms with Gasteiger partial charge in [-0.1, -0.05) is 18.2 Å². The number of benzene rings is 1. The molecule has 0 fully saturated rings. The SMILES string of the molecule is Cc1cccc(C)c1[Si]O. The molecule has 2 heteroatoms. The molecule has 0 atom stereocenters. The molecule has 10 heavy (non-hydrogen) atoms. The fourth-order valence-electron chi connectivity index (χ4n) is 0.991. The van der Waals surface area contributed by atoms with Crippen molar-refractivity contribution in [2.24, 2.45) is 0 Å². The summed E-state index contributed by atoms with van der Waals surface area (Å²) < 4.78 is 0. The van der Waals surface area contributed by atoms with Crippen LogP contribution >= 0.6 is 0 Å². The van der Waals surface area contributed by atoms with Crippen molar-refractivity contribution < 1.29 is 4.80 Å². The van der Waals surface area contributed by atoms with Crippen molar-refractivity contribution in [3.8, 4) is 0 Å². The molecule has 0 aliphatic rings. The summed E-state index contributed by atoms with van der Waals surface area (Å²) in [4.78, 5) is 8.93. The third-order valence-corrected chi connectivity index (χ3v) is 2.61. The van der Waals surface area contributed by atoms with Gasteiger partial charge in [0.15, 0.2) is 0 Å². The van der Waals surface area contributed by atoms with E-state index in [0.717, 1.165) is 5.19 Å². The molecule has 0 aliphatic carbocycles. The standard InChI is InChI=1S/C8H10OSi/c1-6-4-3-5-7(2)8(6)10-9/h3-5,9H,1-2H3. The first kappa shape index (κ1) is 7.50. The molecular formula is C8H10OSi. The van der Waals surface area contributed by atoms with E-state index in [0.29, 0.717) is 0 Å². The van der Waals surface area contributed by atoms with Gasteiger partial charge in [-0.2, -0.15) is 0 Å². The van der Waals surface area contributed by atoms with Crippen LogP contribution in [0.3, 0.4) is 0 Å². The summed E-state index contributed by atoms with van der Waals surface area (Å²) >= 11 is 0. The Morgan fingerprint density at radius 2 is 1.70 bits per heavy atom. The van der Waals surface area contributed by atoms with Gasteiger partial charge in [-0.25, -0.2) is 0 Å². The minimum atomic E-state index is -0.0723. The molecule has 1 N–H and O–H groups in total. The monoisotopic (exact) mass is 150 g/mol. The summed E-state index contributed by atoms with van der Waals surface area (Å²) in [5, 5.41) is 1.09. The third kappa shape index (κ3) is 1.28. The quantitative estimate of drug-likeness (QED) is 0.579. The van der Waals surface area contributed by atoms with Gasteiger partial charge in [-0.15, -0.1) is 0 Å². The lowest BCUT2D eigenvalue weighted by Crippen LogP contribution is -2.19. The molecule has 52 valence electrons. The molecule has 2 radical (unpaired) electrons. The second-order valence-corrected chi connectivity index (χ2v) is 3.10. The number of rotatable bonds is 1. The average Bonchev–Trinajstić information content (AvgIpc) is 1.88. The van der Waals surface area contributed by atoms with Gasteiger partial charge in [0, 0.05) is 0 Å². The summed E-state index contributed by atoms with van der Waals surface area (Å²) in [6, 6.07) is 6.05. The van der Waals surface area contributed by atoms with E-state index in [1.54, 1.807) is 0 Å². The van der Waals surface area contributed by atoms with E-state index in [1.807, 2.05) is 32.0 Å². The number of hydrogen-bond donors (Lipinski definition) is 1. The van der Waals surface area contributed by atoms with Crippen LogP contribution in [-0.2, 0) is 0 Å². The molecule has 1 aromatic carbocycles. The van der Waals surface area contributed by atoms with E-state index in [1.165, 1.54) is 11.1 Å². The molecule has 1 aromatic rings. The Balaban J connectivity index is 3.17. The number of aryl methyl sites for hydroxylation is 2. The van der Waals surface area contributed by atoms with Crippen molar-refractivity contribution in [3.05, 3.63) is 29.3 Å². The fourth-order valence-corrected chi connectivity index (χ4v) is 1.51. The molecular weight excluding hydrogens is 140 g/mol. The van der Waals surface area contributed by atoms with Crippen molar-refractivity contribution >= 4 is 14.9 Å². The lowest BCUT2D eigenvalue weighted by atomic mass is 10.2. The summed E-state index contributed by atoms with van der Waals surface area (Å²) in [6.45, 7) is 4.04. The summed E-state index contributed by atoms with van der Waals surface area (Å²) in [6.07, 6.45) is 0. The topological polar surface area (TPSA) is 20.2 Å². The summed E-state index contributed by atoms with van der Waals surface area (Å²) in [7, 11) is -0.0723. The van der Waals surface area contributed by atoms with E-state index >= 15 is 0 Å². The molecule has 1 nitrogen and oxygen atoms in total. The first-order valence-electron chi connectivity index (χ1n) is 3.22. The summed E-state index contributed by atoms with van der Waals surface area (Å²) in [5.41, 5.74) is 2.36. The van der Waals surface area contributed by atoms with Gasteiger partial charge in [-0.05, 0) is 30.2 Å². The largest absolute Gasteiger partial charge is 0.428 e. The first-order valence-corrected chi connectivity index (χ1v) is 4.16. The molecule has 0 aromatic heterocycles. The van der Waals surface area contributed by atoms with Crippen molar-refractivity contribution in [1.29, 1.82) is 0 Å². The van der Waals surface area contributed by atoms with Crippen LogP contribution < -0.4 is 5.19 Å². The third-order valence-electron chi connectivity index (χ3n) is 1.59. The van der Waals surface area contributed by atoms with Gasteiger partial charge in [0.1, 0.15) is 0 Å². The van der Waals surface area contributed by atoms with Gasteiger partial charge < -0.3 is 4.80 Å². The first-order chi connectivity index (χ1) is 4.75. The molecule has 0 saturated heterocycles.